The minimum absolute atomic E-state index is 0.0371. The minimum Gasteiger partial charge on any atom is -0.453 e. The van der Waals surface area contributed by atoms with Crippen LogP contribution in [0.25, 0.3) is 22.3 Å². The van der Waals surface area contributed by atoms with E-state index < -0.39 is 81.0 Å². The van der Waals surface area contributed by atoms with Gasteiger partial charge in [0, 0.05) is 5.56 Å². The summed E-state index contributed by atoms with van der Waals surface area (Å²) in [4.78, 5) is 62.1. The van der Waals surface area contributed by atoms with Gasteiger partial charge in [0.1, 0.15) is 36.3 Å². The molecule has 58 heavy (non-hydrogen) atoms. The number of nitrogens with two attached hydrogens (primary N) is 1. The van der Waals surface area contributed by atoms with Crippen molar-refractivity contribution in [2.45, 2.75) is 49.1 Å². The number of fused-ring (bicyclic) bond motifs is 2. The summed E-state index contributed by atoms with van der Waals surface area (Å²) < 4.78 is 47.5. The van der Waals surface area contributed by atoms with Crippen LogP contribution in [0.3, 0.4) is 0 Å². The third-order valence-corrected chi connectivity index (χ3v) is 11.0. The quantitative estimate of drug-likeness (QED) is 0.0672. The van der Waals surface area contributed by atoms with Gasteiger partial charge in [-0.25, -0.2) is 29.1 Å². The summed E-state index contributed by atoms with van der Waals surface area (Å²) in [6, 6.07) is 16.4. The molecule has 0 bridgehead atoms. The Kier molecular flexibility index (Phi) is 11.1. The molecular formula is C34H31ClFN10O10PS. The van der Waals surface area contributed by atoms with Crippen molar-refractivity contribution in [1.29, 1.82) is 0 Å². The Morgan fingerprint density at radius 3 is 2.28 bits per heavy atom. The van der Waals surface area contributed by atoms with Gasteiger partial charge >= 0.3 is 12.7 Å². The van der Waals surface area contributed by atoms with E-state index in [4.69, 9.17) is 52.4 Å². The monoisotopic (exact) mass is 856 g/mol. The van der Waals surface area contributed by atoms with Crippen molar-refractivity contribution in [1.82, 2.24) is 39.0 Å². The van der Waals surface area contributed by atoms with E-state index >= 15 is 4.39 Å². The Hall–Kier alpha value is -5.13. The molecule has 20 nitrogen and oxygen atoms in total. The Labute approximate surface area is 336 Å². The van der Waals surface area contributed by atoms with E-state index in [1.54, 1.807) is 48.5 Å². The van der Waals surface area contributed by atoms with Gasteiger partial charge in [0.05, 0.1) is 31.4 Å². The number of carbonyl (C=O) groups excluding carboxylic acids is 2. The SMILES string of the molecule is Nc1nc(Cl)nc2c1ncn2[C@@H]1O[C@H](CO)[C@H](OP(O)(=S)OC[C@H]2O[C@@H](n3cnc4c(NC(=O)c5ccccc5)ncnc43)C(O)[C@H]2OC(=O)c2ccccc2)C1F. The molecule has 2 saturated heterocycles. The lowest BCUT2D eigenvalue weighted by atomic mass is 10.1. The average Bonchev–Trinajstić information content (AvgIpc) is 3.99. The number of ether oxygens (including phenoxy) is 3. The maximum Gasteiger partial charge on any atom is 0.338 e. The van der Waals surface area contributed by atoms with Gasteiger partial charge in [0.15, 0.2) is 53.2 Å². The first-order chi connectivity index (χ1) is 27.9. The number of nitrogens with zero attached hydrogens (tertiary/aromatic N) is 8. The van der Waals surface area contributed by atoms with Crippen LogP contribution in [-0.2, 0) is 35.1 Å². The van der Waals surface area contributed by atoms with Gasteiger partial charge in [-0.15, -0.1) is 0 Å². The molecule has 6 N–H and O–H groups in total. The summed E-state index contributed by atoms with van der Waals surface area (Å²) in [5.41, 5.74) is 6.85. The number of halogens is 2. The van der Waals surface area contributed by atoms with Crippen LogP contribution in [0.2, 0.25) is 5.28 Å². The second-order valence-electron chi connectivity index (χ2n) is 12.9. The number of hydrogen-bond donors (Lipinski definition) is 5. The van der Waals surface area contributed by atoms with E-state index in [9.17, 15) is 24.7 Å². The Morgan fingerprint density at radius 2 is 1.57 bits per heavy atom. The average molecular weight is 857 g/mol. The molecule has 0 spiro atoms. The molecule has 302 valence electrons. The van der Waals surface area contributed by atoms with Gasteiger partial charge in [-0.1, -0.05) is 36.4 Å². The van der Waals surface area contributed by atoms with Crippen LogP contribution in [0.5, 0.6) is 0 Å². The fourth-order valence-electron chi connectivity index (χ4n) is 6.53. The molecule has 2 aliphatic rings. The predicted molar refractivity (Wildman–Crippen MR) is 203 cm³/mol. The lowest BCUT2D eigenvalue weighted by Crippen LogP contribution is -2.38. The van der Waals surface area contributed by atoms with Crippen molar-refractivity contribution in [2.24, 2.45) is 0 Å². The number of nitrogen functional groups attached to an aromatic ring is 1. The Bertz CT molecular complexity index is 2530. The summed E-state index contributed by atoms with van der Waals surface area (Å²) in [7, 11) is 0. The third-order valence-electron chi connectivity index (χ3n) is 9.26. The highest BCUT2D eigenvalue weighted by atomic mass is 35.5. The van der Waals surface area contributed by atoms with Crippen molar-refractivity contribution in [2.75, 3.05) is 24.3 Å². The van der Waals surface area contributed by atoms with Gasteiger partial charge in [0.2, 0.25) is 5.28 Å². The lowest BCUT2D eigenvalue weighted by molar-refractivity contribution is -0.0561. The molecule has 6 heterocycles. The number of esters is 1. The summed E-state index contributed by atoms with van der Waals surface area (Å²) in [6.07, 6.45) is -8.60. The van der Waals surface area contributed by atoms with Crippen LogP contribution in [0.4, 0.5) is 16.0 Å². The zero-order chi connectivity index (χ0) is 40.7. The third kappa shape index (κ3) is 7.74. The molecule has 9 atom stereocenters. The number of amides is 1. The van der Waals surface area contributed by atoms with Gasteiger partial charge in [-0.05, 0) is 47.7 Å². The van der Waals surface area contributed by atoms with Crippen LogP contribution < -0.4 is 11.1 Å². The normalized spacial score (nSPS) is 25.5. The molecule has 0 aliphatic carbocycles. The highest BCUT2D eigenvalue weighted by molar-refractivity contribution is 8.07. The summed E-state index contributed by atoms with van der Waals surface area (Å²) in [5, 5.41) is 24.2. The van der Waals surface area contributed by atoms with Gasteiger partial charge in [-0.3, -0.25) is 18.5 Å². The van der Waals surface area contributed by atoms with Crippen molar-refractivity contribution < 1.29 is 52.3 Å². The standard InChI is InChI=1S/C34H31ClFN10O10PS/c35-34-42-26(37)21-29(44-34)46(14-40-21)31-20(36)24(18(11-47)53-31)56-57(51,58)52-12-19-25(55-33(50)17-9-5-2-6-10-17)23(48)32(54-19)45-15-41-22-27(38-13-39-28(22)45)43-30(49)16-7-3-1-4-8-16/h1-10,13-15,18-20,23-25,31-32,47-48H,11-12H2,(H,51,58)(H2,37,42,44)(H,38,39,43,49)/t18-,19-,20?,23?,24+,25+,31-,32-,57?/m1/s1. The molecule has 2 aliphatic heterocycles. The van der Waals surface area contributed by atoms with Crippen molar-refractivity contribution in [3.8, 4) is 0 Å². The van der Waals surface area contributed by atoms with Gasteiger partial charge < -0.3 is 44.9 Å². The smallest absolute Gasteiger partial charge is 0.338 e. The number of nitrogens with one attached hydrogen (secondary N) is 1. The number of benzene rings is 2. The zero-order valence-electron chi connectivity index (χ0n) is 29.5. The first-order valence-corrected chi connectivity index (χ1v) is 20.2. The summed E-state index contributed by atoms with van der Waals surface area (Å²) >= 11 is 11.2. The fraction of sp³-hybridized carbons (Fsp3) is 0.294. The second kappa shape index (κ2) is 16.3. The van der Waals surface area contributed by atoms with Gasteiger partial charge in [0.25, 0.3) is 5.91 Å². The maximum absolute atomic E-state index is 16.1. The molecule has 0 saturated carbocycles. The number of rotatable bonds is 12. The van der Waals surface area contributed by atoms with E-state index in [-0.39, 0.29) is 44.8 Å². The van der Waals surface area contributed by atoms with E-state index in [1.165, 1.54) is 40.2 Å². The van der Waals surface area contributed by atoms with Crippen LogP contribution in [-0.4, -0.2) is 116 Å². The highest BCUT2D eigenvalue weighted by Gasteiger charge is 2.51. The molecule has 6 aromatic rings. The second-order valence-corrected chi connectivity index (χ2v) is 16.0. The molecule has 4 aromatic heterocycles. The fourth-order valence-corrected chi connectivity index (χ4v) is 8.14. The number of anilines is 2. The summed E-state index contributed by atoms with van der Waals surface area (Å²) in [5.74, 6) is -1.26. The molecule has 2 fully saturated rings. The first kappa shape index (κ1) is 39.7. The number of alkyl halides is 1. The molecular weight excluding hydrogens is 826 g/mol. The predicted octanol–water partition coefficient (Wildman–Crippen LogP) is 2.48. The first-order valence-electron chi connectivity index (χ1n) is 17.3. The molecule has 2 aromatic carbocycles. The van der Waals surface area contributed by atoms with E-state index in [1.807, 2.05) is 0 Å². The number of aliphatic hydroxyl groups excluding tert-OH is 2. The minimum atomic E-state index is -4.42. The number of aliphatic hydroxyl groups is 2. The molecule has 3 unspecified atom stereocenters. The van der Waals surface area contributed by atoms with Crippen LogP contribution >= 0.6 is 18.3 Å². The molecule has 1 amide bonds. The van der Waals surface area contributed by atoms with E-state index in [0.717, 1.165) is 0 Å². The number of hydrogen-bond acceptors (Lipinski definition) is 17. The zero-order valence-corrected chi connectivity index (χ0v) is 32.0. The number of carbonyl (C=O) groups is 2. The Balaban J connectivity index is 1.02. The largest absolute Gasteiger partial charge is 0.453 e. The van der Waals surface area contributed by atoms with E-state index in [2.05, 4.69) is 35.2 Å². The van der Waals surface area contributed by atoms with Crippen LogP contribution in [0.1, 0.15) is 33.2 Å². The maximum atomic E-state index is 16.1. The Morgan fingerprint density at radius 1 is 0.914 bits per heavy atom. The number of aromatic nitrogens is 8. The van der Waals surface area contributed by atoms with Crippen LogP contribution in [0.15, 0.2) is 79.6 Å². The number of imidazole rings is 2. The highest BCUT2D eigenvalue weighted by Crippen LogP contribution is 2.50. The topological polar surface area (TPSA) is 266 Å². The summed E-state index contributed by atoms with van der Waals surface area (Å²) in [6.45, 7) is -5.82. The lowest BCUT2D eigenvalue weighted by Gasteiger charge is -2.26. The van der Waals surface area contributed by atoms with Crippen molar-refractivity contribution in [3.63, 3.8) is 0 Å². The molecule has 8 rings (SSSR count). The van der Waals surface area contributed by atoms with Crippen LogP contribution in [0, 0.1) is 0 Å². The van der Waals surface area contributed by atoms with Gasteiger partial charge in [-0.2, -0.15) is 9.97 Å². The van der Waals surface area contributed by atoms with E-state index in [0.29, 0.717) is 5.56 Å². The molecule has 0 radical (unpaired) electrons. The van der Waals surface area contributed by atoms with Crippen molar-refractivity contribution >= 4 is 76.0 Å². The molecule has 24 heteroatoms. The van der Waals surface area contributed by atoms with Crippen molar-refractivity contribution in [3.05, 3.63) is 96.1 Å².